The number of nitrogens with one attached hydrogen (secondary N) is 1. The highest BCUT2D eigenvalue weighted by Crippen LogP contribution is 2.17. The predicted octanol–water partition coefficient (Wildman–Crippen LogP) is 2.54. The van der Waals surface area contributed by atoms with E-state index < -0.39 is 35.8 Å². The molecule has 1 aliphatic rings. The number of carbonyl (C=O) groups excluding carboxylic acids is 2. The quantitative estimate of drug-likeness (QED) is 0.765. The zero-order valence-corrected chi connectivity index (χ0v) is 15.5. The van der Waals surface area contributed by atoms with Crippen molar-refractivity contribution in [3.8, 4) is 0 Å². The molecule has 8 nitrogen and oxygen atoms in total. The number of amides is 2. The molecule has 0 bridgehead atoms. The van der Waals surface area contributed by atoms with Gasteiger partial charge in [-0.3, -0.25) is 4.90 Å². The number of aliphatic carboxylic acids is 1. The molecule has 2 rings (SSSR count). The van der Waals surface area contributed by atoms with Crippen molar-refractivity contribution in [2.45, 2.75) is 45.1 Å². The largest absolute Gasteiger partial charge is 0.480 e. The highest BCUT2D eigenvalue weighted by molar-refractivity contribution is 5.82. The third kappa shape index (κ3) is 6.02. The number of benzene rings is 1. The normalized spacial score (nSPS) is 17.3. The van der Waals surface area contributed by atoms with Crippen LogP contribution in [0.2, 0.25) is 0 Å². The van der Waals surface area contributed by atoms with E-state index in [-0.39, 0.29) is 13.2 Å². The summed E-state index contributed by atoms with van der Waals surface area (Å²) in [7, 11) is 0. The van der Waals surface area contributed by atoms with Gasteiger partial charge in [-0.1, -0.05) is 42.5 Å². The Morgan fingerprint density at radius 1 is 1.26 bits per heavy atom. The molecule has 0 radical (unpaired) electrons. The van der Waals surface area contributed by atoms with Gasteiger partial charge in [-0.25, -0.2) is 14.4 Å². The first-order valence-corrected chi connectivity index (χ1v) is 8.53. The van der Waals surface area contributed by atoms with Crippen LogP contribution in [0.3, 0.4) is 0 Å². The Morgan fingerprint density at radius 3 is 2.52 bits per heavy atom. The Hall–Kier alpha value is -3.03. The molecule has 0 saturated carbocycles. The molecular formula is C19H24N2O6. The van der Waals surface area contributed by atoms with Crippen LogP contribution in [0.25, 0.3) is 0 Å². The molecule has 1 aliphatic heterocycles. The number of carboxylic acid groups (broad SMARTS) is 1. The summed E-state index contributed by atoms with van der Waals surface area (Å²) in [4.78, 5) is 37.3. The van der Waals surface area contributed by atoms with Gasteiger partial charge in [0.25, 0.3) is 0 Å². The van der Waals surface area contributed by atoms with E-state index in [0.29, 0.717) is 0 Å². The lowest BCUT2D eigenvalue weighted by Gasteiger charge is -2.29. The van der Waals surface area contributed by atoms with Crippen LogP contribution < -0.4 is 5.32 Å². The molecule has 27 heavy (non-hydrogen) atoms. The van der Waals surface area contributed by atoms with Crippen molar-refractivity contribution < 1.29 is 29.0 Å². The van der Waals surface area contributed by atoms with Gasteiger partial charge < -0.3 is 19.9 Å². The van der Waals surface area contributed by atoms with Gasteiger partial charge in [-0.15, -0.1) is 0 Å². The Kier molecular flexibility index (Phi) is 6.44. The molecule has 1 heterocycles. The van der Waals surface area contributed by atoms with Crippen molar-refractivity contribution in [1.29, 1.82) is 0 Å². The van der Waals surface area contributed by atoms with Gasteiger partial charge >= 0.3 is 18.2 Å². The molecule has 2 atom stereocenters. The second kappa shape index (κ2) is 8.57. The minimum Gasteiger partial charge on any atom is -0.480 e. The fourth-order valence-corrected chi connectivity index (χ4v) is 2.56. The molecule has 0 aliphatic carbocycles. The molecule has 0 fully saturated rings. The summed E-state index contributed by atoms with van der Waals surface area (Å²) in [6.07, 6.45) is 1.68. The summed E-state index contributed by atoms with van der Waals surface area (Å²) in [5.41, 5.74) is 0.0451. The summed E-state index contributed by atoms with van der Waals surface area (Å²) in [6, 6.07) is 6.91. The van der Waals surface area contributed by atoms with E-state index in [1.165, 1.54) is 4.90 Å². The Morgan fingerprint density at radius 2 is 1.93 bits per heavy atom. The molecule has 1 aromatic carbocycles. The van der Waals surface area contributed by atoms with Crippen LogP contribution in [0.5, 0.6) is 0 Å². The van der Waals surface area contributed by atoms with Gasteiger partial charge in [0.05, 0.1) is 6.04 Å². The summed E-state index contributed by atoms with van der Waals surface area (Å²) in [5.74, 6) is -1.28. The number of hydrogen-bond acceptors (Lipinski definition) is 5. The number of carboxylic acids is 1. The first-order valence-electron chi connectivity index (χ1n) is 8.53. The zero-order chi connectivity index (χ0) is 20.0. The minimum atomic E-state index is -1.36. The van der Waals surface area contributed by atoms with Crippen molar-refractivity contribution in [3.63, 3.8) is 0 Å². The third-order valence-corrected chi connectivity index (χ3v) is 3.71. The van der Waals surface area contributed by atoms with E-state index in [1.54, 1.807) is 32.9 Å². The van der Waals surface area contributed by atoms with Gasteiger partial charge in [0.15, 0.2) is 6.04 Å². The smallest absolute Gasteiger partial charge is 0.410 e. The highest BCUT2D eigenvalue weighted by Gasteiger charge is 2.38. The fourth-order valence-electron chi connectivity index (χ4n) is 2.56. The number of hydrogen-bond donors (Lipinski definition) is 2. The molecule has 2 N–H and O–H groups in total. The van der Waals surface area contributed by atoms with Gasteiger partial charge in [-0.2, -0.15) is 0 Å². The maximum absolute atomic E-state index is 12.4. The molecular weight excluding hydrogens is 352 g/mol. The van der Waals surface area contributed by atoms with Crippen molar-refractivity contribution >= 4 is 18.2 Å². The first kappa shape index (κ1) is 20.3. The van der Waals surface area contributed by atoms with E-state index >= 15 is 0 Å². The van der Waals surface area contributed by atoms with Gasteiger partial charge in [0.1, 0.15) is 12.2 Å². The lowest BCUT2D eigenvalue weighted by atomic mass is 10.1. The van der Waals surface area contributed by atoms with Crippen molar-refractivity contribution in [2.24, 2.45) is 0 Å². The number of nitrogens with zero attached hydrogens (tertiary/aromatic N) is 1. The maximum Gasteiger partial charge on any atom is 0.410 e. The molecule has 8 heteroatoms. The zero-order valence-electron chi connectivity index (χ0n) is 15.5. The summed E-state index contributed by atoms with van der Waals surface area (Å²) in [6.45, 7) is 5.28. The lowest BCUT2D eigenvalue weighted by molar-refractivity contribution is -0.140. The lowest BCUT2D eigenvalue weighted by Crippen LogP contribution is -2.55. The molecule has 2 amide bonds. The molecule has 1 aromatic rings. The second-order valence-electron chi connectivity index (χ2n) is 7.07. The van der Waals surface area contributed by atoms with Gasteiger partial charge in [0, 0.05) is 6.54 Å². The average Bonchev–Trinajstić information content (AvgIpc) is 3.06. The first-order chi connectivity index (χ1) is 12.7. The van der Waals surface area contributed by atoms with Crippen LogP contribution in [-0.2, 0) is 20.9 Å². The molecule has 0 unspecified atom stereocenters. The van der Waals surface area contributed by atoms with Crippen LogP contribution >= 0.6 is 0 Å². The number of carbonyl (C=O) groups is 3. The number of alkyl carbamates (subject to hydrolysis) is 1. The third-order valence-electron chi connectivity index (χ3n) is 3.71. The van der Waals surface area contributed by atoms with Crippen LogP contribution in [0, 0.1) is 0 Å². The Bertz CT molecular complexity index is 711. The van der Waals surface area contributed by atoms with Crippen LogP contribution in [0.15, 0.2) is 42.5 Å². The van der Waals surface area contributed by atoms with Crippen molar-refractivity contribution in [3.05, 3.63) is 48.0 Å². The predicted molar refractivity (Wildman–Crippen MR) is 97.1 cm³/mol. The van der Waals surface area contributed by atoms with Gasteiger partial charge in [-0.05, 0) is 26.3 Å². The minimum absolute atomic E-state index is 0.0696. The van der Waals surface area contributed by atoms with Crippen LogP contribution in [0.1, 0.15) is 26.3 Å². The second-order valence-corrected chi connectivity index (χ2v) is 7.07. The molecule has 146 valence electrons. The highest BCUT2D eigenvalue weighted by atomic mass is 16.6. The van der Waals surface area contributed by atoms with Crippen LogP contribution in [0.4, 0.5) is 9.59 Å². The Labute approximate surface area is 157 Å². The summed E-state index contributed by atoms with van der Waals surface area (Å²) in [5, 5.41) is 11.8. The maximum atomic E-state index is 12.4. The molecule has 0 aromatic heterocycles. The van der Waals surface area contributed by atoms with E-state index in [2.05, 4.69) is 5.32 Å². The molecule has 0 spiro atoms. The SMILES string of the molecule is CC(C)(C)OC(=O)N[C@@H](C(=O)O)[C@@H]1C=CCN1C(=O)OCc1ccccc1. The number of rotatable bonds is 5. The van der Waals surface area contributed by atoms with Gasteiger partial charge in [0.2, 0.25) is 0 Å². The monoisotopic (exact) mass is 376 g/mol. The van der Waals surface area contributed by atoms with E-state index in [4.69, 9.17) is 9.47 Å². The van der Waals surface area contributed by atoms with Crippen molar-refractivity contribution in [2.75, 3.05) is 6.54 Å². The number of ether oxygens (including phenoxy) is 2. The topological polar surface area (TPSA) is 105 Å². The van der Waals surface area contributed by atoms with E-state index in [9.17, 15) is 19.5 Å². The average molecular weight is 376 g/mol. The Balaban J connectivity index is 2.02. The standard InChI is InChI=1S/C19H24N2O6/c1-19(2,3)27-17(24)20-15(16(22)23)14-10-7-11-21(14)18(25)26-12-13-8-5-4-6-9-13/h4-10,14-15H,11-12H2,1-3H3,(H,20,24)(H,22,23)/t14-,15+/m0/s1. The fraction of sp³-hybridized carbons (Fsp3) is 0.421. The molecule has 0 saturated heterocycles. The van der Waals surface area contributed by atoms with Crippen molar-refractivity contribution in [1.82, 2.24) is 10.2 Å². The van der Waals surface area contributed by atoms with E-state index in [1.807, 2.05) is 30.3 Å². The van der Waals surface area contributed by atoms with Crippen LogP contribution in [-0.4, -0.2) is 52.4 Å². The summed E-state index contributed by atoms with van der Waals surface area (Å²) < 4.78 is 10.4. The summed E-state index contributed by atoms with van der Waals surface area (Å²) >= 11 is 0. The van der Waals surface area contributed by atoms with E-state index in [0.717, 1.165) is 5.56 Å².